The Morgan fingerprint density at radius 2 is 2.00 bits per heavy atom. The molecule has 0 saturated heterocycles. The molecule has 4 aliphatic carbocycles. The van der Waals surface area contributed by atoms with Gasteiger partial charge in [0.2, 0.25) is 0 Å². The van der Waals surface area contributed by atoms with Gasteiger partial charge in [-0.25, -0.2) is 0 Å². The molecule has 0 spiro atoms. The van der Waals surface area contributed by atoms with E-state index in [-0.39, 0.29) is 29.5 Å². The minimum absolute atomic E-state index is 0.0145. The Balaban J connectivity index is 1.74. The van der Waals surface area contributed by atoms with Crippen molar-refractivity contribution >= 4 is 5.78 Å². The summed E-state index contributed by atoms with van der Waals surface area (Å²) >= 11 is 0. The van der Waals surface area contributed by atoms with E-state index in [2.05, 4.69) is 13.0 Å². The molecule has 3 fully saturated rings. The molecule has 0 radical (unpaired) electrons. The van der Waals surface area contributed by atoms with Gasteiger partial charge < -0.3 is 10.2 Å². The maximum Gasteiger partial charge on any atom is 0.139 e. The third kappa shape index (κ3) is 1.93. The molecule has 128 valence electrons. The lowest BCUT2D eigenvalue weighted by Crippen LogP contribution is -2.54. The van der Waals surface area contributed by atoms with Gasteiger partial charge in [0.1, 0.15) is 5.78 Å². The Morgan fingerprint density at radius 3 is 2.74 bits per heavy atom. The van der Waals surface area contributed by atoms with Crippen LogP contribution in [0.4, 0.5) is 0 Å². The summed E-state index contributed by atoms with van der Waals surface area (Å²) in [6.07, 6.45) is 8.83. The van der Waals surface area contributed by atoms with Crippen LogP contribution in [0.1, 0.15) is 58.8 Å². The van der Waals surface area contributed by atoms with E-state index in [9.17, 15) is 15.0 Å². The first-order valence-corrected chi connectivity index (χ1v) is 9.46. The van der Waals surface area contributed by atoms with Crippen molar-refractivity contribution in [3.63, 3.8) is 0 Å². The van der Waals surface area contributed by atoms with E-state index >= 15 is 0 Å². The molecule has 3 nitrogen and oxygen atoms in total. The standard InChI is InChI=1S/C20H30O3/c1-12-14-4-3-13-15-5-6-18(23)19(15,2)9-7-16(13)20(14,11-21)10-8-17(12)22/h4,12-13,15-16,18,21,23H,3,5-11H2,1-2H3/t12?,13-,15-,16+,18?,19-,20+/m0/s1. The predicted octanol–water partition coefficient (Wildman–Crippen LogP) is 3.10. The van der Waals surface area contributed by atoms with Gasteiger partial charge in [-0.3, -0.25) is 4.79 Å². The highest BCUT2D eigenvalue weighted by Crippen LogP contribution is 2.65. The summed E-state index contributed by atoms with van der Waals surface area (Å²) in [6, 6.07) is 0. The Morgan fingerprint density at radius 1 is 1.22 bits per heavy atom. The minimum Gasteiger partial charge on any atom is -0.395 e. The molecule has 4 rings (SSSR count). The highest BCUT2D eigenvalue weighted by Gasteiger charge is 2.60. The maximum absolute atomic E-state index is 12.2. The average Bonchev–Trinajstić information content (AvgIpc) is 2.86. The fourth-order valence-electron chi connectivity index (χ4n) is 6.92. The second kappa shape index (κ2) is 5.16. The predicted molar refractivity (Wildman–Crippen MR) is 88.7 cm³/mol. The van der Waals surface area contributed by atoms with E-state index in [1.807, 2.05) is 6.92 Å². The van der Waals surface area contributed by atoms with E-state index in [0.29, 0.717) is 30.0 Å². The molecule has 0 aliphatic heterocycles. The molecule has 0 aromatic carbocycles. The van der Waals surface area contributed by atoms with Crippen molar-refractivity contribution in [1.29, 1.82) is 0 Å². The summed E-state index contributed by atoms with van der Waals surface area (Å²) in [4.78, 5) is 12.2. The molecule has 23 heavy (non-hydrogen) atoms. The van der Waals surface area contributed by atoms with Crippen molar-refractivity contribution in [2.24, 2.45) is 34.5 Å². The molecule has 0 amide bonds. The van der Waals surface area contributed by atoms with Gasteiger partial charge in [0.15, 0.2) is 0 Å². The van der Waals surface area contributed by atoms with E-state index in [4.69, 9.17) is 0 Å². The molecule has 2 unspecified atom stereocenters. The van der Waals surface area contributed by atoms with Crippen LogP contribution in [0, 0.1) is 34.5 Å². The van der Waals surface area contributed by atoms with Gasteiger partial charge in [-0.15, -0.1) is 0 Å². The zero-order valence-corrected chi connectivity index (χ0v) is 14.4. The lowest BCUT2D eigenvalue weighted by molar-refractivity contribution is -0.129. The van der Waals surface area contributed by atoms with Crippen LogP contribution >= 0.6 is 0 Å². The fourth-order valence-corrected chi connectivity index (χ4v) is 6.92. The summed E-state index contributed by atoms with van der Waals surface area (Å²) in [5, 5.41) is 20.9. The summed E-state index contributed by atoms with van der Waals surface area (Å²) in [5.74, 6) is 1.97. The van der Waals surface area contributed by atoms with Crippen LogP contribution in [0.15, 0.2) is 11.6 Å². The highest BCUT2D eigenvalue weighted by atomic mass is 16.3. The summed E-state index contributed by atoms with van der Waals surface area (Å²) < 4.78 is 0. The van der Waals surface area contributed by atoms with Crippen LogP contribution in [0.2, 0.25) is 0 Å². The first kappa shape index (κ1) is 15.8. The van der Waals surface area contributed by atoms with Crippen molar-refractivity contribution in [3.8, 4) is 0 Å². The minimum atomic E-state index is -0.162. The number of aliphatic hydroxyl groups excluding tert-OH is 2. The van der Waals surface area contributed by atoms with Gasteiger partial charge in [0.25, 0.3) is 0 Å². The van der Waals surface area contributed by atoms with Crippen molar-refractivity contribution < 1.29 is 15.0 Å². The summed E-state index contributed by atoms with van der Waals surface area (Å²) in [7, 11) is 0. The Bertz CT molecular complexity index is 553. The van der Waals surface area contributed by atoms with Gasteiger partial charge in [-0.1, -0.05) is 25.5 Å². The van der Waals surface area contributed by atoms with Crippen LogP contribution in [-0.2, 0) is 4.79 Å². The molecule has 0 bridgehead atoms. The number of allylic oxidation sites excluding steroid dienone is 1. The maximum atomic E-state index is 12.2. The molecule has 4 aliphatic rings. The van der Waals surface area contributed by atoms with Gasteiger partial charge in [-0.2, -0.15) is 0 Å². The second-order valence-electron chi connectivity index (χ2n) is 8.91. The zero-order valence-electron chi connectivity index (χ0n) is 14.4. The van der Waals surface area contributed by atoms with E-state index in [1.54, 1.807) is 0 Å². The fraction of sp³-hybridized carbons (Fsp3) is 0.850. The smallest absolute Gasteiger partial charge is 0.139 e. The molecule has 3 saturated carbocycles. The number of carbonyl (C=O) groups is 1. The lowest BCUT2D eigenvalue weighted by atomic mass is 9.46. The zero-order chi connectivity index (χ0) is 16.4. The number of hydrogen-bond donors (Lipinski definition) is 2. The molecule has 0 aromatic heterocycles. The number of ketones is 1. The molecule has 3 heteroatoms. The quantitative estimate of drug-likeness (QED) is 0.731. The molecular formula is C20H30O3. The Hall–Kier alpha value is -0.670. The molecular weight excluding hydrogens is 288 g/mol. The van der Waals surface area contributed by atoms with E-state index in [1.165, 1.54) is 5.57 Å². The molecule has 0 aromatic rings. The Labute approximate surface area is 139 Å². The number of Topliss-reactive ketones (excluding diaryl/α,β-unsaturated/α-hetero) is 1. The normalized spacial score (nSPS) is 52.4. The average molecular weight is 318 g/mol. The van der Waals surface area contributed by atoms with Crippen molar-refractivity contribution in [2.75, 3.05) is 6.61 Å². The van der Waals surface area contributed by atoms with Gasteiger partial charge in [0.05, 0.1) is 12.7 Å². The van der Waals surface area contributed by atoms with Gasteiger partial charge >= 0.3 is 0 Å². The highest BCUT2D eigenvalue weighted by molar-refractivity contribution is 5.85. The van der Waals surface area contributed by atoms with E-state index < -0.39 is 0 Å². The van der Waals surface area contributed by atoms with Crippen molar-refractivity contribution in [1.82, 2.24) is 0 Å². The van der Waals surface area contributed by atoms with Crippen LogP contribution in [0.25, 0.3) is 0 Å². The van der Waals surface area contributed by atoms with Crippen LogP contribution in [-0.4, -0.2) is 28.7 Å². The summed E-state index contributed by atoms with van der Waals surface area (Å²) in [6.45, 7) is 4.50. The second-order valence-corrected chi connectivity index (χ2v) is 8.91. The van der Waals surface area contributed by atoms with E-state index in [0.717, 1.165) is 38.5 Å². The largest absolute Gasteiger partial charge is 0.395 e. The third-order valence-corrected chi connectivity index (χ3v) is 8.33. The van der Waals surface area contributed by atoms with Crippen LogP contribution < -0.4 is 0 Å². The number of carbonyl (C=O) groups excluding carboxylic acids is 1. The monoisotopic (exact) mass is 318 g/mol. The van der Waals surface area contributed by atoms with Crippen LogP contribution in [0.5, 0.6) is 0 Å². The topological polar surface area (TPSA) is 57.5 Å². The lowest BCUT2D eigenvalue weighted by Gasteiger charge is -2.58. The number of hydrogen-bond acceptors (Lipinski definition) is 3. The van der Waals surface area contributed by atoms with Crippen molar-refractivity contribution in [3.05, 3.63) is 11.6 Å². The number of rotatable bonds is 1. The van der Waals surface area contributed by atoms with Gasteiger partial charge in [0, 0.05) is 17.8 Å². The summed E-state index contributed by atoms with van der Waals surface area (Å²) in [5.41, 5.74) is 1.14. The SMILES string of the molecule is CC1C(=O)CC[C@@]2(CO)C1=CC[C@@H]1[C@H]2CC[C@]2(C)C(O)CC[C@@H]12. The first-order valence-electron chi connectivity index (χ1n) is 9.46. The molecule has 2 N–H and O–H groups in total. The third-order valence-electron chi connectivity index (χ3n) is 8.33. The van der Waals surface area contributed by atoms with Gasteiger partial charge in [-0.05, 0) is 61.7 Å². The van der Waals surface area contributed by atoms with Crippen LogP contribution in [0.3, 0.4) is 0 Å². The molecule has 7 atom stereocenters. The van der Waals surface area contributed by atoms with Crippen molar-refractivity contribution in [2.45, 2.75) is 64.9 Å². The Kier molecular flexibility index (Phi) is 3.55. The number of fused-ring (bicyclic) bond motifs is 5. The molecule has 0 heterocycles. The first-order chi connectivity index (χ1) is 10.9. The number of aliphatic hydroxyl groups is 2.